The molecule has 5 heteroatoms. The van der Waals surface area contributed by atoms with Crippen LogP contribution in [0, 0.1) is 4.77 Å². The van der Waals surface area contributed by atoms with Crippen LogP contribution in [0.1, 0.15) is 33.0 Å². The first kappa shape index (κ1) is 12.4. The van der Waals surface area contributed by atoms with Crippen LogP contribution in [0.5, 0.6) is 0 Å². The summed E-state index contributed by atoms with van der Waals surface area (Å²) in [4.78, 5) is 0. The molecule has 0 bridgehead atoms. The molecule has 0 radical (unpaired) electrons. The molecule has 0 aliphatic heterocycles. The van der Waals surface area contributed by atoms with Crippen LogP contribution >= 0.6 is 12.2 Å². The normalized spacial score (nSPS) is 11.2. The molecule has 0 aliphatic carbocycles. The van der Waals surface area contributed by atoms with Crippen LogP contribution in [0.2, 0.25) is 0 Å². The van der Waals surface area contributed by atoms with Crippen molar-refractivity contribution in [1.29, 1.82) is 0 Å². The van der Waals surface area contributed by atoms with Crippen molar-refractivity contribution >= 4 is 12.2 Å². The Hall–Kier alpha value is -0.680. The number of aryl methyl sites for hydroxylation is 1. The molecule has 86 valence electrons. The minimum Gasteiger partial charge on any atom is -0.377 e. The zero-order valence-electron chi connectivity index (χ0n) is 9.62. The van der Waals surface area contributed by atoms with Crippen LogP contribution in [-0.2, 0) is 17.7 Å². The van der Waals surface area contributed by atoms with E-state index in [2.05, 4.69) is 17.1 Å². The number of H-pyrrole nitrogens is 1. The molecule has 0 saturated heterocycles. The predicted octanol–water partition coefficient (Wildman–Crippen LogP) is 2.32. The third-order valence-corrected chi connectivity index (χ3v) is 2.39. The van der Waals surface area contributed by atoms with E-state index in [1.54, 1.807) is 0 Å². The largest absolute Gasteiger partial charge is 0.377 e. The third-order valence-electron chi connectivity index (χ3n) is 2.08. The molecule has 0 aromatic carbocycles. The fourth-order valence-corrected chi connectivity index (χ4v) is 1.62. The molecule has 1 N–H and O–H groups in total. The maximum absolute atomic E-state index is 5.49. The van der Waals surface area contributed by atoms with Crippen LogP contribution in [0.15, 0.2) is 0 Å². The maximum Gasteiger partial charge on any atom is 0.195 e. The average molecular weight is 229 g/mol. The lowest BCUT2D eigenvalue weighted by Gasteiger charge is -2.09. The van der Waals surface area contributed by atoms with Crippen molar-refractivity contribution in [3.05, 3.63) is 10.6 Å². The van der Waals surface area contributed by atoms with Crippen LogP contribution in [-0.4, -0.2) is 27.5 Å². The van der Waals surface area contributed by atoms with Crippen molar-refractivity contribution in [3.63, 3.8) is 0 Å². The molecule has 0 aliphatic rings. The van der Waals surface area contributed by atoms with Gasteiger partial charge < -0.3 is 9.30 Å². The molecule has 0 atom stereocenters. The van der Waals surface area contributed by atoms with E-state index < -0.39 is 0 Å². The lowest BCUT2D eigenvalue weighted by Crippen LogP contribution is -2.12. The van der Waals surface area contributed by atoms with Crippen LogP contribution < -0.4 is 0 Å². The van der Waals surface area contributed by atoms with E-state index in [1.165, 1.54) is 0 Å². The number of hydrogen-bond donors (Lipinski definition) is 1. The molecule has 0 fully saturated rings. The molecule has 0 amide bonds. The van der Waals surface area contributed by atoms with Crippen molar-refractivity contribution in [2.24, 2.45) is 0 Å². The first-order valence-corrected chi connectivity index (χ1v) is 5.81. The molecule has 0 unspecified atom stereocenters. The Morgan fingerprint density at radius 3 is 2.87 bits per heavy atom. The quantitative estimate of drug-likeness (QED) is 0.761. The van der Waals surface area contributed by atoms with Crippen LogP contribution in [0.3, 0.4) is 0 Å². The number of aromatic nitrogens is 3. The summed E-state index contributed by atoms with van der Waals surface area (Å²) in [6, 6.07) is 0. The average Bonchev–Trinajstić information content (AvgIpc) is 2.50. The van der Waals surface area contributed by atoms with Crippen molar-refractivity contribution < 1.29 is 4.74 Å². The molecule has 15 heavy (non-hydrogen) atoms. The van der Waals surface area contributed by atoms with Gasteiger partial charge in [0.25, 0.3) is 0 Å². The molecular weight excluding hydrogens is 210 g/mol. The first-order chi connectivity index (χ1) is 7.15. The number of hydrogen-bond acceptors (Lipinski definition) is 3. The second kappa shape index (κ2) is 6.02. The molecule has 1 rings (SSSR count). The van der Waals surface area contributed by atoms with Crippen LogP contribution in [0.25, 0.3) is 0 Å². The molecule has 0 saturated carbocycles. The van der Waals surface area contributed by atoms with Gasteiger partial charge in [-0.3, -0.25) is 5.10 Å². The van der Waals surface area contributed by atoms with Crippen molar-refractivity contribution in [3.8, 4) is 0 Å². The zero-order valence-corrected chi connectivity index (χ0v) is 10.4. The van der Waals surface area contributed by atoms with Gasteiger partial charge in [-0.25, -0.2) is 0 Å². The topological polar surface area (TPSA) is 42.8 Å². The van der Waals surface area contributed by atoms with E-state index in [4.69, 9.17) is 17.0 Å². The van der Waals surface area contributed by atoms with E-state index in [-0.39, 0.29) is 6.10 Å². The highest BCUT2D eigenvalue weighted by molar-refractivity contribution is 7.71. The summed E-state index contributed by atoms with van der Waals surface area (Å²) >= 11 is 5.16. The Labute approximate surface area is 95.7 Å². The standard InChI is InChI=1S/C10H19N3OS/c1-4-5-9-11-12-10(15)13(9)6-7-14-8(2)3/h8H,4-7H2,1-3H3,(H,12,15). The molecule has 1 aromatic heterocycles. The van der Waals surface area contributed by atoms with Crippen molar-refractivity contribution in [2.45, 2.75) is 46.3 Å². The molecule has 4 nitrogen and oxygen atoms in total. The second-order valence-corrected chi connectivity index (χ2v) is 4.15. The van der Waals surface area contributed by atoms with Crippen molar-refractivity contribution in [2.75, 3.05) is 6.61 Å². The number of nitrogens with one attached hydrogen (secondary N) is 1. The van der Waals surface area contributed by atoms with Gasteiger partial charge in [-0.05, 0) is 32.5 Å². The summed E-state index contributed by atoms with van der Waals surface area (Å²) in [5, 5.41) is 7.01. The van der Waals surface area contributed by atoms with Gasteiger partial charge in [0.2, 0.25) is 0 Å². The SMILES string of the molecule is CCCc1n[nH]c(=S)n1CCOC(C)C. The molecular formula is C10H19N3OS. The highest BCUT2D eigenvalue weighted by Crippen LogP contribution is 2.02. The smallest absolute Gasteiger partial charge is 0.195 e. The summed E-state index contributed by atoms with van der Waals surface area (Å²) in [5.41, 5.74) is 0. The Morgan fingerprint density at radius 2 is 2.27 bits per heavy atom. The van der Waals surface area contributed by atoms with E-state index in [0.29, 0.717) is 11.4 Å². The van der Waals surface area contributed by atoms with Gasteiger partial charge >= 0.3 is 0 Å². The number of ether oxygens (including phenoxy) is 1. The van der Waals surface area contributed by atoms with Gasteiger partial charge in [-0.15, -0.1) is 0 Å². The van der Waals surface area contributed by atoms with E-state index >= 15 is 0 Å². The highest BCUT2D eigenvalue weighted by Gasteiger charge is 2.04. The van der Waals surface area contributed by atoms with Crippen molar-refractivity contribution in [1.82, 2.24) is 14.8 Å². The summed E-state index contributed by atoms with van der Waals surface area (Å²) < 4.78 is 8.20. The minimum atomic E-state index is 0.265. The van der Waals surface area contributed by atoms with Gasteiger partial charge in [0.05, 0.1) is 19.3 Å². The molecule has 0 spiro atoms. The van der Waals surface area contributed by atoms with E-state index in [0.717, 1.165) is 25.2 Å². The summed E-state index contributed by atoms with van der Waals surface area (Å²) in [5.74, 6) is 1.02. The Kier molecular flexibility index (Phi) is 4.98. The highest BCUT2D eigenvalue weighted by atomic mass is 32.1. The van der Waals surface area contributed by atoms with Gasteiger partial charge in [-0.2, -0.15) is 5.10 Å². The maximum atomic E-state index is 5.49. The fraction of sp³-hybridized carbons (Fsp3) is 0.800. The monoisotopic (exact) mass is 229 g/mol. The van der Waals surface area contributed by atoms with Gasteiger partial charge in [-0.1, -0.05) is 6.92 Å². The lowest BCUT2D eigenvalue weighted by molar-refractivity contribution is 0.0721. The Balaban J connectivity index is 2.58. The van der Waals surface area contributed by atoms with Gasteiger partial charge in [0, 0.05) is 6.42 Å². The number of rotatable bonds is 6. The van der Waals surface area contributed by atoms with E-state index in [1.807, 2.05) is 18.4 Å². The Bertz CT molecular complexity index is 343. The summed E-state index contributed by atoms with van der Waals surface area (Å²) in [6.45, 7) is 7.65. The third kappa shape index (κ3) is 3.76. The zero-order chi connectivity index (χ0) is 11.3. The second-order valence-electron chi connectivity index (χ2n) is 3.77. The molecule has 1 aromatic rings. The predicted molar refractivity (Wildman–Crippen MR) is 62.5 cm³/mol. The summed E-state index contributed by atoms with van der Waals surface area (Å²) in [7, 11) is 0. The first-order valence-electron chi connectivity index (χ1n) is 5.40. The number of aromatic amines is 1. The Morgan fingerprint density at radius 1 is 1.53 bits per heavy atom. The lowest BCUT2D eigenvalue weighted by atomic mass is 10.3. The number of nitrogens with zero attached hydrogens (tertiary/aromatic N) is 2. The van der Waals surface area contributed by atoms with E-state index in [9.17, 15) is 0 Å². The minimum absolute atomic E-state index is 0.265. The van der Waals surface area contributed by atoms with Gasteiger partial charge in [0.1, 0.15) is 5.82 Å². The van der Waals surface area contributed by atoms with Gasteiger partial charge in [0.15, 0.2) is 4.77 Å². The molecule has 1 heterocycles. The van der Waals surface area contributed by atoms with Crippen LogP contribution in [0.4, 0.5) is 0 Å². The fourth-order valence-electron chi connectivity index (χ4n) is 1.38. The summed E-state index contributed by atoms with van der Waals surface area (Å²) in [6.07, 6.45) is 2.29.